The summed E-state index contributed by atoms with van der Waals surface area (Å²) in [6, 6.07) is 6.68. The Bertz CT molecular complexity index is 1320. The fourth-order valence-electron chi connectivity index (χ4n) is 3.90. The Morgan fingerprint density at radius 2 is 2.14 bits per heavy atom. The molecular weight excluding hydrogens is 530 g/mol. The van der Waals surface area contributed by atoms with Gasteiger partial charge in [0.1, 0.15) is 27.2 Å². The zero-order chi connectivity index (χ0) is 26.0. The number of nitrogens with one attached hydrogen (secondary N) is 1. The predicted molar refractivity (Wildman–Crippen MR) is 132 cm³/mol. The first-order chi connectivity index (χ1) is 17.3. The molecule has 0 bridgehead atoms. The summed E-state index contributed by atoms with van der Waals surface area (Å²) in [5.41, 5.74) is 5.17. The molecule has 1 saturated heterocycles. The number of aryl methyl sites for hydroxylation is 1. The van der Waals surface area contributed by atoms with Crippen molar-refractivity contribution >= 4 is 57.4 Å². The van der Waals surface area contributed by atoms with Crippen molar-refractivity contribution < 1.29 is 28.4 Å². The summed E-state index contributed by atoms with van der Waals surface area (Å²) in [6.07, 6.45) is 0. The van der Waals surface area contributed by atoms with Crippen LogP contribution in [0, 0.1) is 0 Å². The second-order valence-electron chi connectivity index (χ2n) is 7.64. The number of methoxy groups -OCH3 is 1. The van der Waals surface area contributed by atoms with Crippen LogP contribution in [-0.2, 0) is 44.0 Å². The van der Waals surface area contributed by atoms with E-state index in [1.165, 1.54) is 35.3 Å². The fourth-order valence-corrected chi connectivity index (χ4v) is 6.74. The van der Waals surface area contributed by atoms with Gasteiger partial charge in [0.2, 0.25) is 5.16 Å². The minimum absolute atomic E-state index is 0.0233. The van der Waals surface area contributed by atoms with E-state index in [0.717, 1.165) is 4.90 Å². The smallest absolute Gasteiger partial charge is 0.352 e. The molecule has 190 valence electrons. The van der Waals surface area contributed by atoms with Crippen LogP contribution >= 0.6 is 23.5 Å². The van der Waals surface area contributed by atoms with Crippen LogP contribution in [0.2, 0.25) is 0 Å². The molecule has 0 aliphatic carbocycles. The van der Waals surface area contributed by atoms with Crippen molar-refractivity contribution in [3.05, 3.63) is 46.7 Å². The van der Waals surface area contributed by atoms with Gasteiger partial charge in [-0.3, -0.25) is 14.5 Å². The molecule has 2 atom stereocenters. The van der Waals surface area contributed by atoms with Crippen LogP contribution in [0.3, 0.4) is 0 Å². The molecule has 13 nitrogen and oxygen atoms in total. The Morgan fingerprint density at radius 1 is 1.39 bits per heavy atom. The van der Waals surface area contributed by atoms with Crippen LogP contribution in [0.15, 0.2) is 40.7 Å². The van der Waals surface area contributed by atoms with Crippen LogP contribution in [0.25, 0.3) is 0 Å². The molecule has 16 heteroatoms. The maximum absolute atomic E-state index is 13.3. The average Bonchev–Trinajstić information content (AvgIpc) is 3.30. The number of thioether (sulfide) groups is 2. The molecule has 2 aliphatic heterocycles. The molecule has 1 fully saturated rings. The Hall–Kier alpha value is -3.05. The van der Waals surface area contributed by atoms with Gasteiger partial charge in [-0.2, -0.15) is 0 Å². The number of hydrogen-bond acceptors (Lipinski definition) is 11. The van der Waals surface area contributed by atoms with Crippen molar-refractivity contribution in [1.29, 1.82) is 0 Å². The Kier molecular flexibility index (Phi) is 7.60. The number of nitrogens with two attached hydrogens (primary N) is 1. The summed E-state index contributed by atoms with van der Waals surface area (Å²) in [7, 11) is 2.90. The molecular formula is C20H21N7O6S3. The number of carboxylic acid groups (broad SMARTS) is 1. The molecule has 2 aromatic rings. The maximum Gasteiger partial charge on any atom is 0.352 e. The summed E-state index contributed by atoms with van der Waals surface area (Å²) in [5.74, 6) is -2.35. The van der Waals surface area contributed by atoms with E-state index in [1.807, 2.05) is 0 Å². The van der Waals surface area contributed by atoms with Crippen LogP contribution in [-0.4, -0.2) is 86.8 Å². The third kappa shape index (κ3) is 4.34. The number of fused-ring (bicyclic) bond motifs is 1. The maximum atomic E-state index is 13.3. The Balaban J connectivity index is 1.59. The number of aliphatic carboxylic acids is 1. The second kappa shape index (κ2) is 10.5. The quantitative estimate of drug-likeness (QED) is 0.113. The second-order valence-corrected chi connectivity index (χ2v) is 10.2. The lowest BCUT2D eigenvalue weighted by atomic mass is 9.97. The van der Waals surface area contributed by atoms with Crippen LogP contribution < -0.4 is 11.1 Å². The number of tetrazole rings is 1. The molecule has 0 unspecified atom stereocenters. The summed E-state index contributed by atoms with van der Waals surface area (Å²) in [6.45, 7) is 0.103. The summed E-state index contributed by atoms with van der Waals surface area (Å²) in [4.78, 5) is 39.6. The molecule has 36 heavy (non-hydrogen) atoms. The summed E-state index contributed by atoms with van der Waals surface area (Å²) < 4.78 is 18.8. The van der Waals surface area contributed by atoms with Gasteiger partial charge in [-0.15, -0.1) is 16.9 Å². The fraction of sp³-hybridized carbons (Fsp3) is 0.350. The predicted octanol–water partition coefficient (Wildman–Crippen LogP) is -1.09. The first kappa shape index (κ1) is 26.0. The molecule has 4 N–H and O–H groups in total. The number of aromatic nitrogens is 4. The first-order valence-electron chi connectivity index (χ1n) is 10.4. The average molecular weight is 552 g/mol. The number of hydrogen-bond donors (Lipinski definition) is 3. The molecule has 3 heterocycles. The van der Waals surface area contributed by atoms with Gasteiger partial charge < -0.3 is 20.9 Å². The van der Waals surface area contributed by atoms with E-state index < -0.39 is 28.9 Å². The van der Waals surface area contributed by atoms with Crippen LogP contribution in [0.5, 0.6) is 0 Å². The van der Waals surface area contributed by atoms with E-state index in [1.54, 1.807) is 31.3 Å². The van der Waals surface area contributed by atoms with Gasteiger partial charge in [0.05, 0.1) is 0 Å². The highest BCUT2D eigenvalue weighted by molar-refractivity contribution is 8.01. The lowest BCUT2D eigenvalue weighted by Crippen LogP contribution is -2.81. The minimum atomic E-state index is -1.84. The number of carbonyl (C=O) groups is 3. The van der Waals surface area contributed by atoms with Gasteiger partial charge in [-0.1, -0.05) is 36.0 Å². The lowest BCUT2D eigenvalue weighted by Gasteiger charge is -2.55. The molecule has 0 radical (unpaired) electrons. The van der Waals surface area contributed by atoms with E-state index in [4.69, 9.17) is 10.5 Å². The van der Waals surface area contributed by atoms with Crippen LogP contribution in [0.1, 0.15) is 11.1 Å². The van der Waals surface area contributed by atoms with Crippen molar-refractivity contribution in [2.75, 3.05) is 18.6 Å². The molecule has 2 aliphatic rings. The number of rotatable bonds is 9. The van der Waals surface area contributed by atoms with Crippen molar-refractivity contribution in [1.82, 2.24) is 30.4 Å². The largest absolute Gasteiger partial charge is 0.477 e. The number of benzene rings is 1. The van der Waals surface area contributed by atoms with Gasteiger partial charge in [-0.25, -0.2) is 13.7 Å². The lowest BCUT2D eigenvalue weighted by molar-refractivity contribution is -0.191. The molecule has 4 rings (SSSR count). The zero-order valence-corrected chi connectivity index (χ0v) is 21.5. The van der Waals surface area contributed by atoms with Gasteiger partial charge in [0, 0.05) is 37.8 Å². The van der Waals surface area contributed by atoms with E-state index >= 15 is 0 Å². The zero-order valence-electron chi connectivity index (χ0n) is 19.0. The molecule has 2 amide bonds. The Labute approximate surface area is 216 Å². The van der Waals surface area contributed by atoms with E-state index in [0.29, 0.717) is 21.9 Å². The third-order valence-electron chi connectivity index (χ3n) is 5.66. The summed E-state index contributed by atoms with van der Waals surface area (Å²) in [5, 5.41) is 23.3. The van der Waals surface area contributed by atoms with Gasteiger partial charge in [0.25, 0.3) is 17.5 Å². The van der Waals surface area contributed by atoms with Gasteiger partial charge in [-0.05, 0) is 21.6 Å². The highest BCUT2D eigenvalue weighted by atomic mass is 32.2. The van der Waals surface area contributed by atoms with E-state index in [2.05, 4.69) is 20.8 Å². The van der Waals surface area contributed by atoms with E-state index in [-0.39, 0.29) is 39.9 Å². The number of carbonyl (C=O) groups excluding carboxylic acids is 2. The highest BCUT2D eigenvalue weighted by Gasteiger charge is 2.66. The Morgan fingerprint density at radius 3 is 2.75 bits per heavy atom. The van der Waals surface area contributed by atoms with Crippen molar-refractivity contribution in [3.63, 3.8) is 0 Å². The normalized spacial score (nSPS) is 21.0. The van der Waals surface area contributed by atoms with Crippen LogP contribution in [0.4, 0.5) is 0 Å². The number of amides is 2. The number of β-lactam (4-membered cyclic amide) rings is 1. The van der Waals surface area contributed by atoms with Crippen molar-refractivity contribution in [3.8, 4) is 0 Å². The molecule has 0 saturated carbocycles. The molecule has 1 aromatic carbocycles. The topological polar surface area (TPSA) is 183 Å². The van der Waals surface area contributed by atoms with Gasteiger partial charge >= 0.3 is 5.97 Å². The number of carboxylic acids is 1. The first-order valence-corrected chi connectivity index (χ1v) is 13.1. The highest BCUT2D eigenvalue weighted by Crippen LogP contribution is 2.47. The van der Waals surface area contributed by atoms with Crippen molar-refractivity contribution in [2.45, 2.75) is 22.8 Å². The molecule has 1 aromatic heterocycles. The minimum Gasteiger partial charge on any atom is -0.477 e. The standard InChI is InChI=1S/C20H21N7O6S3/c1-26-19(23-24-25-26)35-9-11-8-34-18-20(33-2,17(31)27(18)13(11)16(29)30)22-15(28)14(36-32)12-6-4-3-5-10(12)7-21/h3-6,18H,7-9,21H2,1-2H3,(H,22,28)(H,29,30)/t18-,20+/m1/s1. The van der Waals surface area contributed by atoms with Crippen molar-refractivity contribution in [2.24, 2.45) is 12.8 Å². The number of nitrogens with zero attached hydrogens (tertiary/aromatic N) is 5. The monoisotopic (exact) mass is 551 g/mol. The number of ether oxygens (including phenoxy) is 1. The van der Waals surface area contributed by atoms with E-state index in [9.17, 15) is 23.7 Å². The third-order valence-corrected chi connectivity index (χ3v) is 8.70. The SMILES string of the molecule is CO[C@@]1(NC(=O)C(=S=O)c2ccccc2CN)C(=O)N2C(C(=O)O)=C(CSc3nnnn3C)CS[C@@H]21. The summed E-state index contributed by atoms with van der Waals surface area (Å²) >= 11 is 2.46. The molecule has 0 spiro atoms. The van der Waals surface area contributed by atoms with Gasteiger partial charge in [0.15, 0.2) is 0 Å².